The van der Waals surface area contributed by atoms with Crippen molar-refractivity contribution in [2.45, 2.75) is 18.4 Å². The van der Waals surface area contributed by atoms with Crippen LogP contribution in [0.2, 0.25) is 10.0 Å². The Kier molecular flexibility index (Phi) is 4.99. The Morgan fingerprint density at radius 2 is 1.72 bits per heavy atom. The summed E-state index contributed by atoms with van der Waals surface area (Å²) in [7, 11) is -3.75. The monoisotopic (exact) mass is 396 g/mol. The number of sulfonamides is 1. The van der Waals surface area contributed by atoms with Crippen LogP contribution in [0.4, 0.5) is 5.95 Å². The minimum absolute atomic E-state index is 0.0243. The predicted molar refractivity (Wildman–Crippen MR) is 97.6 cm³/mol. The molecule has 0 aliphatic carbocycles. The molecule has 1 heterocycles. The van der Waals surface area contributed by atoms with Gasteiger partial charge in [-0.1, -0.05) is 47.0 Å². The molecule has 1 aromatic heterocycles. The molecule has 0 bridgehead atoms. The summed E-state index contributed by atoms with van der Waals surface area (Å²) in [6, 6.07) is 11.7. The van der Waals surface area contributed by atoms with Gasteiger partial charge in [-0.25, -0.2) is 17.8 Å². The first-order valence-electron chi connectivity index (χ1n) is 7.27. The van der Waals surface area contributed by atoms with Crippen LogP contribution in [0.15, 0.2) is 53.7 Å². The van der Waals surface area contributed by atoms with E-state index < -0.39 is 10.0 Å². The first-order valence-corrected chi connectivity index (χ1v) is 9.51. The van der Waals surface area contributed by atoms with E-state index in [0.717, 1.165) is 5.56 Å². The molecule has 0 spiro atoms. The summed E-state index contributed by atoms with van der Waals surface area (Å²) in [6.07, 6.45) is 1.41. The van der Waals surface area contributed by atoms with Gasteiger partial charge in [-0.15, -0.1) is 5.10 Å². The summed E-state index contributed by atoms with van der Waals surface area (Å²) >= 11 is 12.3. The average Bonchev–Trinajstić information content (AvgIpc) is 2.98. The van der Waals surface area contributed by atoms with E-state index in [1.807, 2.05) is 6.92 Å². The molecule has 9 heteroatoms. The van der Waals surface area contributed by atoms with Gasteiger partial charge in [-0.3, -0.25) is 0 Å². The van der Waals surface area contributed by atoms with E-state index >= 15 is 0 Å². The van der Waals surface area contributed by atoms with E-state index in [2.05, 4.69) is 14.8 Å². The summed E-state index contributed by atoms with van der Waals surface area (Å²) in [6.45, 7) is 2.16. The standard InChI is InChI=1S/C16H14Cl2N4O2S/c1-11-5-7-12(8-6-11)25(23,24)21-16-19-10-22(20-16)9-13-14(17)3-2-4-15(13)18/h2-8,10H,9H2,1H3,(H,20,21). The molecule has 2 aromatic carbocycles. The zero-order valence-electron chi connectivity index (χ0n) is 13.1. The third-order valence-corrected chi connectivity index (χ3v) is 5.53. The van der Waals surface area contributed by atoms with Crippen LogP contribution in [0, 0.1) is 6.92 Å². The van der Waals surface area contributed by atoms with Gasteiger partial charge in [-0.05, 0) is 31.2 Å². The molecule has 0 aliphatic heterocycles. The molecule has 0 saturated carbocycles. The largest absolute Gasteiger partial charge is 0.264 e. The highest BCUT2D eigenvalue weighted by atomic mass is 35.5. The Bertz CT molecular complexity index is 981. The number of benzene rings is 2. The molecule has 0 unspecified atom stereocenters. The number of nitrogens with zero attached hydrogens (tertiary/aromatic N) is 3. The Hall–Kier alpha value is -2.09. The average molecular weight is 397 g/mol. The molecule has 3 aromatic rings. The van der Waals surface area contributed by atoms with E-state index in [0.29, 0.717) is 15.6 Å². The zero-order chi connectivity index (χ0) is 18.0. The van der Waals surface area contributed by atoms with Crippen LogP contribution in [0.3, 0.4) is 0 Å². The third kappa shape index (κ3) is 4.12. The molecule has 130 valence electrons. The highest BCUT2D eigenvalue weighted by molar-refractivity contribution is 7.92. The van der Waals surface area contributed by atoms with Crippen molar-refractivity contribution in [1.82, 2.24) is 14.8 Å². The van der Waals surface area contributed by atoms with Crippen LogP contribution in [0.1, 0.15) is 11.1 Å². The Labute approximate surface area is 155 Å². The number of aromatic nitrogens is 3. The van der Waals surface area contributed by atoms with E-state index in [1.54, 1.807) is 30.3 Å². The topological polar surface area (TPSA) is 76.9 Å². The molecule has 0 amide bonds. The summed E-state index contributed by atoms with van der Waals surface area (Å²) in [5.41, 5.74) is 1.65. The number of hydrogen-bond donors (Lipinski definition) is 1. The number of nitrogens with one attached hydrogen (secondary N) is 1. The Morgan fingerprint density at radius 3 is 2.36 bits per heavy atom. The van der Waals surface area contributed by atoms with Crippen molar-refractivity contribution in [3.8, 4) is 0 Å². The minimum atomic E-state index is -3.75. The van der Waals surface area contributed by atoms with Crippen molar-refractivity contribution < 1.29 is 8.42 Å². The molecule has 6 nitrogen and oxygen atoms in total. The molecule has 1 N–H and O–H groups in total. The Balaban J connectivity index is 1.79. The lowest BCUT2D eigenvalue weighted by Gasteiger charge is -2.06. The van der Waals surface area contributed by atoms with Gasteiger partial charge in [0.05, 0.1) is 11.4 Å². The Morgan fingerprint density at radius 1 is 1.08 bits per heavy atom. The van der Waals surface area contributed by atoms with Crippen LogP contribution >= 0.6 is 23.2 Å². The number of halogens is 2. The first-order chi connectivity index (χ1) is 11.8. The second kappa shape index (κ2) is 7.03. The maximum Gasteiger partial charge on any atom is 0.264 e. The fraction of sp³-hybridized carbons (Fsp3) is 0.125. The van der Waals surface area contributed by atoms with E-state index in [-0.39, 0.29) is 17.4 Å². The summed E-state index contributed by atoms with van der Waals surface area (Å²) in [4.78, 5) is 4.12. The van der Waals surface area contributed by atoms with Gasteiger partial charge in [-0.2, -0.15) is 4.98 Å². The van der Waals surface area contributed by atoms with Gasteiger partial charge in [0.1, 0.15) is 6.33 Å². The van der Waals surface area contributed by atoms with Gasteiger partial charge in [0, 0.05) is 15.6 Å². The van der Waals surface area contributed by atoms with Gasteiger partial charge < -0.3 is 0 Å². The number of rotatable bonds is 5. The summed E-state index contributed by atoms with van der Waals surface area (Å²) in [5.74, 6) is -0.0243. The molecule has 25 heavy (non-hydrogen) atoms. The SMILES string of the molecule is Cc1ccc(S(=O)(=O)Nc2ncn(Cc3c(Cl)cccc3Cl)n2)cc1. The van der Waals surface area contributed by atoms with Crippen molar-refractivity contribution in [2.75, 3.05) is 4.72 Å². The molecule has 0 fully saturated rings. The van der Waals surface area contributed by atoms with Crippen molar-refractivity contribution >= 4 is 39.2 Å². The third-order valence-electron chi connectivity index (χ3n) is 3.48. The van der Waals surface area contributed by atoms with Crippen molar-refractivity contribution in [3.05, 3.63) is 70.0 Å². The fourth-order valence-electron chi connectivity index (χ4n) is 2.16. The number of hydrogen-bond acceptors (Lipinski definition) is 4. The lowest BCUT2D eigenvalue weighted by Crippen LogP contribution is -2.14. The molecular formula is C16H14Cl2N4O2S. The molecule has 0 radical (unpaired) electrons. The van der Waals surface area contributed by atoms with Crippen molar-refractivity contribution in [1.29, 1.82) is 0 Å². The van der Waals surface area contributed by atoms with Gasteiger partial charge in [0.2, 0.25) is 0 Å². The van der Waals surface area contributed by atoms with Crippen LogP contribution in [0.25, 0.3) is 0 Å². The fourth-order valence-corrected chi connectivity index (χ4v) is 3.62. The van der Waals surface area contributed by atoms with Gasteiger partial charge in [0.15, 0.2) is 0 Å². The highest BCUT2D eigenvalue weighted by Gasteiger charge is 2.16. The van der Waals surface area contributed by atoms with Crippen LogP contribution in [0.5, 0.6) is 0 Å². The van der Waals surface area contributed by atoms with Crippen LogP contribution < -0.4 is 4.72 Å². The van der Waals surface area contributed by atoms with Crippen LogP contribution in [-0.2, 0) is 16.6 Å². The molecule has 0 atom stereocenters. The molecule has 0 aliphatic rings. The van der Waals surface area contributed by atoms with Gasteiger partial charge in [0.25, 0.3) is 16.0 Å². The number of aryl methyl sites for hydroxylation is 1. The first kappa shape index (κ1) is 17.7. The normalized spacial score (nSPS) is 11.5. The van der Waals surface area contributed by atoms with Gasteiger partial charge >= 0.3 is 0 Å². The maximum absolute atomic E-state index is 12.3. The lowest BCUT2D eigenvalue weighted by atomic mass is 10.2. The second-order valence-corrected chi connectivity index (χ2v) is 7.88. The highest BCUT2D eigenvalue weighted by Crippen LogP contribution is 2.25. The van der Waals surface area contributed by atoms with Crippen LogP contribution in [-0.4, -0.2) is 23.2 Å². The molecule has 3 rings (SSSR count). The lowest BCUT2D eigenvalue weighted by molar-refractivity contribution is 0.600. The van der Waals surface area contributed by atoms with E-state index in [9.17, 15) is 8.42 Å². The van der Waals surface area contributed by atoms with Crippen molar-refractivity contribution in [3.63, 3.8) is 0 Å². The number of anilines is 1. The summed E-state index contributed by atoms with van der Waals surface area (Å²) < 4.78 is 28.5. The minimum Gasteiger partial charge on any atom is -0.246 e. The quantitative estimate of drug-likeness (QED) is 0.712. The zero-order valence-corrected chi connectivity index (χ0v) is 15.5. The predicted octanol–water partition coefficient (Wildman–Crippen LogP) is 3.74. The molecule has 0 saturated heterocycles. The summed E-state index contributed by atoms with van der Waals surface area (Å²) in [5, 5.41) is 5.12. The van der Waals surface area contributed by atoms with E-state index in [4.69, 9.17) is 23.2 Å². The maximum atomic E-state index is 12.3. The smallest absolute Gasteiger partial charge is 0.246 e. The van der Waals surface area contributed by atoms with Crippen molar-refractivity contribution in [2.24, 2.45) is 0 Å². The molecular weight excluding hydrogens is 383 g/mol. The second-order valence-electron chi connectivity index (χ2n) is 5.38. The van der Waals surface area contributed by atoms with E-state index in [1.165, 1.54) is 23.1 Å².